The van der Waals surface area contributed by atoms with E-state index in [1.54, 1.807) is 6.07 Å². The average molecular weight is 259 g/mol. The number of hydrogen-bond acceptors (Lipinski definition) is 2. The molecule has 3 rings (SSSR count). The molecule has 1 amide bonds. The number of aryl methyl sites for hydroxylation is 1. The Labute approximate surface area is 110 Å². The summed E-state index contributed by atoms with van der Waals surface area (Å²) in [6.45, 7) is 0.535. The maximum atomic E-state index is 13.9. The van der Waals surface area contributed by atoms with Gasteiger partial charge in [0.15, 0.2) is 0 Å². The van der Waals surface area contributed by atoms with Crippen molar-refractivity contribution in [2.75, 3.05) is 10.6 Å². The minimum absolute atomic E-state index is 0.0179. The van der Waals surface area contributed by atoms with E-state index in [9.17, 15) is 9.18 Å². The molecule has 1 aromatic carbocycles. The number of anilines is 2. The van der Waals surface area contributed by atoms with Gasteiger partial charge in [-0.05, 0) is 35.7 Å². The van der Waals surface area contributed by atoms with Gasteiger partial charge in [-0.1, -0.05) is 0 Å². The standard InChI is InChI=1S/C14H14FN3O/c15-11-5-10-1-2-14(19)18-12(10)6-13(11)17-8-9-3-4-16-7-9/h3-7,16-17H,1-2,8H2,(H,18,19). The lowest BCUT2D eigenvalue weighted by molar-refractivity contribution is -0.116. The van der Waals surface area contributed by atoms with Gasteiger partial charge in [-0.3, -0.25) is 4.79 Å². The molecule has 1 aromatic heterocycles. The van der Waals surface area contributed by atoms with Crippen molar-refractivity contribution in [1.82, 2.24) is 4.98 Å². The molecular formula is C14H14FN3O. The third-order valence-electron chi connectivity index (χ3n) is 3.23. The number of aromatic amines is 1. The molecule has 0 saturated heterocycles. The predicted octanol–water partition coefficient (Wildman–Crippen LogP) is 2.65. The van der Waals surface area contributed by atoms with Gasteiger partial charge >= 0.3 is 0 Å². The fourth-order valence-corrected chi connectivity index (χ4v) is 2.20. The number of benzene rings is 1. The summed E-state index contributed by atoms with van der Waals surface area (Å²) in [5.74, 6) is -0.305. The second-order valence-corrected chi connectivity index (χ2v) is 4.61. The lowest BCUT2D eigenvalue weighted by atomic mass is 10.0. The Morgan fingerprint density at radius 2 is 2.21 bits per heavy atom. The number of rotatable bonds is 3. The van der Waals surface area contributed by atoms with E-state index in [0.29, 0.717) is 30.8 Å². The summed E-state index contributed by atoms with van der Waals surface area (Å²) in [5, 5.41) is 5.80. The third kappa shape index (κ3) is 2.45. The van der Waals surface area contributed by atoms with Crippen molar-refractivity contribution in [2.24, 2.45) is 0 Å². The van der Waals surface area contributed by atoms with Gasteiger partial charge in [0, 0.05) is 31.0 Å². The van der Waals surface area contributed by atoms with E-state index in [-0.39, 0.29) is 11.7 Å². The first kappa shape index (κ1) is 11.8. The molecule has 0 unspecified atom stereocenters. The molecule has 3 N–H and O–H groups in total. The Kier molecular flexibility index (Phi) is 2.95. The third-order valence-corrected chi connectivity index (χ3v) is 3.23. The first-order chi connectivity index (χ1) is 9.22. The van der Waals surface area contributed by atoms with Crippen LogP contribution >= 0.6 is 0 Å². The van der Waals surface area contributed by atoms with E-state index in [1.165, 1.54) is 6.07 Å². The van der Waals surface area contributed by atoms with Gasteiger partial charge in [-0.2, -0.15) is 0 Å². The van der Waals surface area contributed by atoms with Crippen LogP contribution in [-0.4, -0.2) is 10.9 Å². The molecule has 0 atom stereocenters. The zero-order valence-electron chi connectivity index (χ0n) is 10.3. The first-order valence-corrected chi connectivity index (χ1v) is 6.20. The summed E-state index contributed by atoms with van der Waals surface area (Å²) in [4.78, 5) is 14.3. The van der Waals surface area contributed by atoms with Crippen LogP contribution in [0.1, 0.15) is 17.5 Å². The van der Waals surface area contributed by atoms with Crippen LogP contribution < -0.4 is 10.6 Å². The Bertz CT molecular complexity index is 607. The number of amides is 1. The van der Waals surface area contributed by atoms with Crippen molar-refractivity contribution in [3.8, 4) is 0 Å². The Hall–Kier alpha value is -2.30. The highest BCUT2D eigenvalue weighted by atomic mass is 19.1. The topological polar surface area (TPSA) is 56.9 Å². The molecule has 0 fully saturated rings. The minimum atomic E-state index is -0.287. The number of H-pyrrole nitrogens is 1. The van der Waals surface area contributed by atoms with E-state index in [4.69, 9.17) is 0 Å². The van der Waals surface area contributed by atoms with Crippen LogP contribution in [0.25, 0.3) is 0 Å². The molecule has 0 saturated carbocycles. The van der Waals surface area contributed by atoms with E-state index < -0.39 is 0 Å². The minimum Gasteiger partial charge on any atom is -0.378 e. The van der Waals surface area contributed by atoms with Crippen molar-refractivity contribution in [1.29, 1.82) is 0 Å². The zero-order valence-corrected chi connectivity index (χ0v) is 10.3. The molecule has 0 aliphatic carbocycles. The molecule has 0 spiro atoms. The summed E-state index contributed by atoms with van der Waals surface area (Å²) >= 11 is 0. The lowest BCUT2D eigenvalue weighted by Crippen LogP contribution is -2.19. The number of hydrogen-bond donors (Lipinski definition) is 3. The SMILES string of the molecule is O=C1CCc2cc(F)c(NCc3cc[nH]c3)cc2N1. The van der Waals surface area contributed by atoms with E-state index >= 15 is 0 Å². The van der Waals surface area contributed by atoms with Gasteiger partial charge in [0.25, 0.3) is 0 Å². The molecule has 4 nitrogen and oxygen atoms in total. The van der Waals surface area contributed by atoms with Crippen LogP contribution in [0.2, 0.25) is 0 Å². The van der Waals surface area contributed by atoms with Gasteiger partial charge in [0.05, 0.1) is 5.69 Å². The molecule has 98 valence electrons. The molecule has 19 heavy (non-hydrogen) atoms. The second kappa shape index (κ2) is 4.76. The van der Waals surface area contributed by atoms with Crippen LogP contribution in [0.3, 0.4) is 0 Å². The van der Waals surface area contributed by atoms with E-state index in [2.05, 4.69) is 15.6 Å². The quantitative estimate of drug-likeness (QED) is 0.793. The second-order valence-electron chi connectivity index (χ2n) is 4.61. The van der Waals surface area contributed by atoms with Crippen LogP contribution in [0, 0.1) is 5.82 Å². The predicted molar refractivity (Wildman–Crippen MR) is 71.5 cm³/mol. The molecule has 2 heterocycles. The van der Waals surface area contributed by atoms with Gasteiger partial charge < -0.3 is 15.6 Å². The molecule has 0 bridgehead atoms. The number of nitrogens with one attached hydrogen (secondary N) is 3. The zero-order chi connectivity index (χ0) is 13.2. The Morgan fingerprint density at radius 3 is 3.00 bits per heavy atom. The molecule has 0 radical (unpaired) electrons. The summed E-state index contributed by atoms with van der Waals surface area (Å²) in [6, 6.07) is 5.08. The maximum Gasteiger partial charge on any atom is 0.224 e. The highest BCUT2D eigenvalue weighted by Crippen LogP contribution is 2.28. The van der Waals surface area contributed by atoms with Crippen LogP contribution in [0.4, 0.5) is 15.8 Å². The number of carbonyl (C=O) groups is 1. The van der Waals surface area contributed by atoms with Crippen molar-refractivity contribution in [2.45, 2.75) is 19.4 Å². The summed E-state index contributed by atoms with van der Waals surface area (Å²) in [6.07, 6.45) is 4.68. The van der Waals surface area contributed by atoms with Crippen molar-refractivity contribution in [3.63, 3.8) is 0 Å². The number of halogens is 1. The molecular weight excluding hydrogens is 245 g/mol. The normalized spacial score (nSPS) is 13.8. The summed E-state index contributed by atoms with van der Waals surface area (Å²) < 4.78 is 13.9. The highest BCUT2D eigenvalue weighted by Gasteiger charge is 2.17. The van der Waals surface area contributed by atoms with Gasteiger partial charge in [0.1, 0.15) is 5.82 Å². The molecule has 5 heteroatoms. The first-order valence-electron chi connectivity index (χ1n) is 6.20. The molecule has 2 aromatic rings. The fraction of sp³-hybridized carbons (Fsp3) is 0.214. The number of fused-ring (bicyclic) bond motifs is 1. The van der Waals surface area contributed by atoms with Gasteiger partial charge in [-0.15, -0.1) is 0 Å². The van der Waals surface area contributed by atoms with E-state index in [1.807, 2.05) is 18.5 Å². The fourth-order valence-electron chi connectivity index (χ4n) is 2.20. The van der Waals surface area contributed by atoms with Crippen LogP contribution in [0.15, 0.2) is 30.6 Å². The highest BCUT2D eigenvalue weighted by molar-refractivity contribution is 5.94. The smallest absolute Gasteiger partial charge is 0.224 e. The molecule has 1 aliphatic heterocycles. The maximum absolute atomic E-state index is 13.9. The summed E-state index contributed by atoms with van der Waals surface area (Å²) in [5.41, 5.74) is 3.00. The van der Waals surface area contributed by atoms with E-state index in [0.717, 1.165) is 11.1 Å². The van der Waals surface area contributed by atoms with Gasteiger partial charge in [0.2, 0.25) is 5.91 Å². The van der Waals surface area contributed by atoms with Crippen LogP contribution in [0.5, 0.6) is 0 Å². The Balaban J connectivity index is 1.81. The largest absolute Gasteiger partial charge is 0.378 e. The molecule has 1 aliphatic rings. The van der Waals surface area contributed by atoms with Crippen molar-refractivity contribution in [3.05, 3.63) is 47.5 Å². The van der Waals surface area contributed by atoms with Crippen molar-refractivity contribution < 1.29 is 9.18 Å². The van der Waals surface area contributed by atoms with Gasteiger partial charge in [-0.25, -0.2) is 4.39 Å². The lowest BCUT2D eigenvalue weighted by Gasteiger charge is -2.18. The Morgan fingerprint density at radius 1 is 1.32 bits per heavy atom. The van der Waals surface area contributed by atoms with Crippen molar-refractivity contribution >= 4 is 17.3 Å². The monoisotopic (exact) mass is 259 g/mol. The summed E-state index contributed by atoms with van der Waals surface area (Å²) in [7, 11) is 0. The number of aromatic nitrogens is 1. The number of carbonyl (C=O) groups excluding carboxylic acids is 1. The van der Waals surface area contributed by atoms with Crippen LogP contribution in [-0.2, 0) is 17.8 Å². The average Bonchev–Trinajstić information content (AvgIpc) is 2.90.